The standard InChI is InChI=1S/C23H25FO2/c1-15(2)21(16(3)4)23(24)22(17-7-11-19(25-5)12-8-17)18-9-13-20(26-6)14-10-18/h7-14H,1H2,2-6H3. The van der Waals surface area contributed by atoms with Crippen molar-refractivity contribution in [3.63, 3.8) is 0 Å². The summed E-state index contributed by atoms with van der Waals surface area (Å²) in [5.74, 6) is 1.17. The summed E-state index contributed by atoms with van der Waals surface area (Å²) in [7, 11) is 3.22. The van der Waals surface area contributed by atoms with Crippen molar-refractivity contribution in [2.45, 2.75) is 20.8 Å². The summed E-state index contributed by atoms with van der Waals surface area (Å²) in [6, 6.07) is 14.8. The first kappa shape index (κ1) is 19.5. The lowest BCUT2D eigenvalue weighted by molar-refractivity contribution is 0.414. The Morgan fingerprint density at radius 2 is 1.15 bits per heavy atom. The number of halogens is 1. The van der Waals surface area contributed by atoms with E-state index in [2.05, 4.69) is 6.58 Å². The number of rotatable bonds is 6. The van der Waals surface area contributed by atoms with Gasteiger partial charge in [0, 0.05) is 11.1 Å². The van der Waals surface area contributed by atoms with E-state index in [1.165, 1.54) is 0 Å². The van der Waals surface area contributed by atoms with Crippen LogP contribution in [0.15, 0.2) is 77.7 Å². The Hall–Kier alpha value is -2.81. The lowest BCUT2D eigenvalue weighted by atomic mass is 9.91. The third-order valence-electron chi connectivity index (χ3n) is 4.12. The Labute approximate surface area is 155 Å². The highest BCUT2D eigenvalue weighted by atomic mass is 19.1. The van der Waals surface area contributed by atoms with Crippen LogP contribution in [0.25, 0.3) is 5.57 Å². The Kier molecular flexibility index (Phi) is 6.40. The zero-order valence-electron chi connectivity index (χ0n) is 16.0. The summed E-state index contributed by atoms with van der Waals surface area (Å²) in [6.45, 7) is 9.56. The summed E-state index contributed by atoms with van der Waals surface area (Å²) in [5.41, 5.74) is 4.19. The van der Waals surface area contributed by atoms with Gasteiger partial charge < -0.3 is 9.47 Å². The highest BCUT2D eigenvalue weighted by Gasteiger charge is 2.18. The van der Waals surface area contributed by atoms with Crippen molar-refractivity contribution in [3.05, 3.63) is 88.8 Å². The van der Waals surface area contributed by atoms with E-state index in [0.29, 0.717) is 16.7 Å². The Balaban J connectivity index is 2.73. The molecule has 0 saturated heterocycles. The fourth-order valence-corrected chi connectivity index (χ4v) is 2.89. The molecule has 0 heterocycles. The van der Waals surface area contributed by atoms with Crippen LogP contribution in [0, 0.1) is 0 Å². The third-order valence-corrected chi connectivity index (χ3v) is 4.12. The van der Waals surface area contributed by atoms with Gasteiger partial charge in [-0.2, -0.15) is 0 Å². The van der Waals surface area contributed by atoms with Crippen LogP contribution >= 0.6 is 0 Å². The average Bonchev–Trinajstić information content (AvgIpc) is 2.62. The molecule has 3 heteroatoms. The van der Waals surface area contributed by atoms with Gasteiger partial charge >= 0.3 is 0 Å². The molecule has 0 bridgehead atoms. The van der Waals surface area contributed by atoms with E-state index in [-0.39, 0.29) is 5.83 Å². The molecule has 0 amide bonds. The van der Waals surface area contributed by atoms with Crippen molar-refractivity contribution in [1.29, 1.82) is 0 Å². The van der Waals surface area contributed by atoms with Gasteiger partial charge in [0.05, 0.1) is 14.2 Å². The number of hydrogen-bond acceptors (Lipinski definition) is 2. The first-order valence-corrected chi connectivity index (χ1v) is 8.41. The molecule has 0 unspecified atom stereocenters. The van der Waals surface area contributed by atoms with Crippen molar-refractivity contribution < 1.29 is 13.9 Å². The smallest absolute Gasteiger partial charge is 0.139 e. The zero-order chi connectivity index (χ0) is 19.3. The van der Waals surface area contributed by atoms with E-state index < -0.39 is 0 Å². The molecule has 0 spiro atoms. The molecule has 26 heavy (non-hydrogen) atoms. The van der Waals surface area contributed by atoms with Crippen molar-refractivity contribution in [2.24, 2.45) is 0 Å². The minimum absolute atomic E-state index is 0.284. The Bertz CT molecular complexity index is 787. The molecule has 0 fully saturated rings. The monoisotopic (exact) mass is 352 g/mol. The maximum Gasteiger partial charge on any atom is 0.139 e. The van der Waals surface area contributed by atoms with Crippen molar-refractivity contribution >= 4 is 5.57 Å². The second-order valence-corrected chi connectivity index (χ2v) is 6.30. The van der Waals surface area contributed by atoms with Gasteiger partial charge in [-0.25, -0.2) is 4.39 Å². The SMILES string of the molecule is C=C(C)C(=C(C)C)C(F)=C(c1ccc(OC)cc1)c1ccc(OC)cc1. The predicted molar refractivity (Wildman–Crippen MR) is 106 cm³/mol. The van der Waals surface area contributed by atoms with Crippen LogP contribution in [0.2, 0.25) is 0 Å². The molecular formula is C23H25FO2. The summed E-state index contributed by atoms with van der Waals surface area (Å²) >= 11 is 0. The molecule has 136 valence electrons. The first-order chi connectivity index (χ1) is 12.4. The highest BCUT2D eigenvalue weighted by Crippen LogP contribution is 2.36. The lowest BCUT2D eigenvalue weighted by Crippen LogP contribution is -1.98. The van der Waals surface area contributed by atoms with Gasteiger partial charge in [0.1, 0.15) is 17.3 Å². The summed E-state index contributed by atoms with van der Waals surface area (Å²) in [6.07, 6.45) is 0. The van der Waals surface area contributed by atoms with Crippen LogP contribution in [0.5, 0.6) is 11.5 Å². The molecule has 0 saturated carbocycles. The minimum Gasteiger partial charge on any atom is -0.497 e. The van der Waals surface area contributed by atoms with Crippen LogP contribution in [0.3, 0.4) is 0 Å². The Morgan fingerprint density at radius 3 is 1.42 bits per heavy atom. The number of hydrogen-bond donors (Lipinski definition) is 0. The maximum atomic E-state index is 15.7. The van der Waals surface area contributed by atoms with Crippen LogP contribution in [-0.2, 0) is 0 Å². The molecule has 0 aliphatic heterocycles. The van der Waals surface area contributed by atoms with Crippen molar-refractivity contribution in [3.8, 4) is 11.5 Å². The van der Waals surface area contributed by atoms with E-state index in [1.807, 2.05) is 69.3 Å². The van der Waals surface area contributed by atoms with Gasteiger partial charge in [0.25, 0.3) is 0 Å². The lowest BCUT2D eigenvalue weighted by Gasteiger charge is -2.16. The maximum absolute atomic E-state index is 15.7. The number of allylic oxidation sites excluding steroid dienone is 4. The molecule has 2 rings (SSSR count). The molecular weight excluding hydrogens is 327 g/mol. The molecule has 0 N–H and O–H groups in total. The molecule has 0 aromatic heterocycles. The predicted octanol–water partition coefficient (Wildman–Crippen LogP) is 6.35. The van der Waals surface area contributed by atoms with Gasteiger partial charge in [-0.3, -0.25) is 0 Å². The molecule has 0 aliphatic rings. The Morgan fingerprint density at radius 1 is 0.769 bits per heavy atom. The fraction of sp³-hybridized carbons (Fsp3) is 0.217. The molecule has 2 aromatic rings. The van der Waals surface area contributed by atoms with Crippen LogP contribution in [0.4, 0.5) is 4.39 Å². The van der Waals surface area contributed by atoms with E-state index in [1.54, 1.807) is 14.2 Å². The molecule has 0 atom stereocenters. The van der Waals surface area contributed by atoms with Crippen molar-refractivity contribution in [2.75, 3.05) is 14.2 Å². The number of benzene rings is 2. The third kappa shape index (κ3) is 4.23. The van der Waals surface area contributed by atoms with Crippen molar-refractivity contribution in [1.82, 2.24) is 0 Å². The van der Waals surface area contributed by atoms with E-state index in [0.717, 1.165) is 28.2 Å². The first-order valence-electron chi connectivity index (χ1n) is 8.41. The fourth-order valence-electron chi connectivity index (χ4n) is 2.89. The van der Waals surface area contributed by atoms with E-state index >= 15 is 4.39 Å². The van der Waals surface area contributed by atoms with E-state index in [9.17, 15) is 0 Å². The summed E-state index contributed by atoms with van der Waals surface area (Å²) in [4.78, 5) is 0. The number of ether oxygens (including phenoxy) is 2. The quantitative estimate of drug-likeness (QED) is 0.564. The van der Waals surface area contributed by atoms with Crippen LogP contribution < -0.4 is 9.47 Å². The highest BCUT2D eigenvalue weighted by molar-refractivity contribution is 5.84. The van der Waals surface area contributed by atoms with E-state index in [4.69, 9.17) is 9.47 Å². The largest absolute Gasteiger partial charge is 0.497 e. The zero-order valence-corrected chi connectivity index (χ0v) is 16.0. The van der Waals surface area contributed by atoms with Gasteiger partial charge in [-0.1, -0.05) is 36.4 Å². The second-order valence-electron chi connectivity index (χ2n) is 6.30. The normalized spacial score (nSPS) is 10.1. The molecule has 0 radical (unpaired) electrons. The topological polar surface area (TPSA) is 18.5 Å². The van der Waals surface area contributed by atoms with Gasteiger partial charge in [-0.15, -0.1) is 0 Å². The average molecular weight is 352 g/mol. The molecule has 0 aliphatic carbocycles. The van der Waals surface area contributed by atoms with Gasteiger partial charge in [0.2, 0.25) is 0 Å². The van der Waals surface area contributed by atoms with Gasteiger partial charge in [-0.05, 0) is 61.7 Å². The van der Waals surface area contributed by atoms with Crippen LogP contribution in [-0.4, -0.2) is 14.2 Å². The second kappa shape index (κ2) is 8.52. The number of methoxy groups -OCH3 is 2. The summed E-state index contributed by atoms with van der Waals surface area (Å²) < 4.78 is 26.1. The molecule has 2 nitrogen and oxygen atoms in total. The minimum atomic E-state index is -0.284. The molecule has 2 aromatic carbocycles. The van der Waals surface area contributed by atoms with Gasteiger partial charge in [0.15, 0.2) is 0 Å². The summed E-state index contributed by atoms with van der Waals surface area (Å²) in [5, 5.41) is 0. The van der Waals surface area contributed by atoms with Crippen LogP contribution in [0.1, 0.15) is 31.9 Å².